The van der Waals surface area contributed by atoms with Crippen molar-refractivity contribution in [1.82, 2.24) is 0 Å². The molecule has 0 unspecified atom stereocenters. The predicted octanol–water partition coefficient (Wildman–Crippen LogP) is 3.39. The van der Waals surface area contributed by atoms with Gasteiger partial charge in [-0.25, -0.2) is 0 Å². The average molecular weight is 229 g/mol. The molecule has 2 aromatic carbocycles. The van der Waals surface area contributed by atoms with Crippen molar-refractivity contribution in [2.24, 2.45) is 0 Å². The lowest BCUT2D eigenvalue weighted by Crippen LogP contribution is -2.32. The van der Waals surface area contributed by atoms with Gasteiger partial charge in [0.05, 0.1) is 0 Å². The highest BCUT2D eigenvalue weighted by atomic mass is 32.2. The molecule has 1 aliphatic rings. The summed E-state index contributed by atoms with van der Waals surface area (Å²) in [7, 11) is 0. The minimum Gasteiger partial charge on any atom is -0.369 e. The number of fused-ring (bicyclic) bond motifs is 1. The summed E-state index contributed by atoms with van der Waals surface area (Å²) in [5.74, 6) is 2.51. The number of rotatable bonds is 1. The highest BCUT2D eigenvalue weighted by Gasteiger charge is 2.12. The fourth-order valence-corrected chi connectivity index (χ4v) is 3.19. The molecule has 1 aliphatic heterocycles. The summed E-state index contributed by atoms with van der Waals surface area (Å²) in [5, 5.41) is 2.73. The molecule has 2 aromatic rings. The van der Waals surface area contributed by atoms with E-state index in [-0.39, 0.29) is 0 Å². The highest BCUT2D eigenvalue weighted by molar-refractivity contribution is 7.99. The molecule has 0 bridgehead atoms. The molecule has 0 amide bonds. The van der Waals surface area contributed by atoms with Crippen molar-refractivity contribution in [2.45, 2.75) is 0 Å². The quantitative estimate of drug-likeness (QED) is 0.737. The number of hydrogen-bond donors (Lipinski definition) is 0. The van der Waals surface area contributed by atoms with Crippen LogP contribution in [0.2, 0.25) is 0 Å². The maximum Gasteiger partial charge on any atom is 0.0446 e. The minimum atomic E-state index is 1.18. The number of nitrogens with zero attached hydrogens (tertiary/aromatic N) is 1. The third-order valence-electron chi connectivity index (χ3n) is 3.12. The van der Waals surface area contributed by atoms with Crippen LogP contribution in [0.3, 0.4) is 0 Å². The van der Waals surface area contributed by atoms with Crippen LogP contribution in [0.4, 0.5) is 5.69 Å². The standard InChI is InChI=1S/C14H15NS/c1-2-6-13-12(4-1)5-3-7-14(13)15-8-10-16-11-9-15/h1-7H,8-11H2. The Morgan fingerprint density at radius 3 is 2.50 bits per heavy atom. The van der Waals surface area contributed by atoms with Crippen LogP contribution in [0.15, 0.2) is 42.5 Å². The first-order chi connectivity index (χ1) is 7.95. The van der Waals surface area contributed by atoms with Gasteiger partial charge >= 0.3 is 0 Å². The average Bonchev–Trinajstić information content (AvgIpc) is 2.39. The molecule has 0 radical (unpaired) electrons. The van der Waals surface area contributed by atoms with Crippen LogP contribution in [0.5, 0.6) is 0 Å². The van der Waals surface area contributed by atoms with Crippen molar-refractivity contribution in [3.63, 3.8) is 0 Å². The molecular weight excluding hydrogens is 214 g/mol. The van der Waals surface area contributed by atoms with Crippen LogP contribution in [0.1, 0.15) is 0 Å². The van der Waals surface area contributed by atoms with Crippen LogP contribution in [0.25, 0.3) is 10.8 Å². The zero-order valence-electron chi connectivity index (χ0n) is 9.23. The maximum atomic E-state index is 2.51. The smallest absolute Gasteiger partial charge is 0.0446 e. The number of hydrogen-bond acceptors (Lipinski definition) is 2. The minimum absolute atomic E-state index is 1.18. The fourth-order valence-electron chi connectivity index (χ4n) is 2.29. The normalized spacial score (nSPS) is 16.6. The van der Waals surface area contributed by atoms with E-state index in [9.17, 15) is 0 Å². The summed E-state index contributed by atoms with van der Waals surface area (Å²) in [5.41, 5.74) is 1.40. The van der Waals surface area contributed by atoms with Gasteiger partial charge in [-0.3, -0.25) is 0 Å². The monoisotopic (exact) mass is 229 g/mol. The summed E-state index contributed by atoms with van der Waals surface area (Å²) in [4.78, 5) is 2.51. The molecule has 1 nitrogen and oxygen atoms in total. The zero-order chi connectivity index (χ0) is 10.8. The van der Waals surface area contributed by atoms with Crippen molar-refractivity contribution >= 4 is 28.2 Å². The lowest BCUT2D eigenvalue weighted by Gasteiger charge is -2.29. The number of anilines is 1. The van der Waals surface area contributed by atoms with Gasteiger partial charge in [-0.15, -0.1) is 0 Å². The second-order valence-corrected chi connectivity index (χ2v) is 5.32. The second kappa shape index (κ2) is 4.38. The lowest BCUT2D eigenvalue weighted by molar-refractivity contribution is 0.863. The van der Waals surface area contributed by atoms with Gasteiger partial charge in [0.1, 0.15) is 0 Å². The first-order valence-electron chi connectivity index (χ1n) is 5.75. The van der Waals surface area contributed by atoms with Gasteiger partial charge < -0.3 is 4.90 Å². The van der Waals surface area contributed by atoms with Crippen molar-refractivity contribution < 1.29 is 0 Å². The molecule has 0 N–H and O–H groups in total. The fraction of sp³-hybridized carbons (Fsp3) is 0.286. The molecule has 0 spiro atoms. The van der Waals surface area contributed by atoms with Crippen LogP contribution >= 0.6 is 11.8 Å². The number of benzene rings is 2. The molecule has 1 saturated heterocycles. The Morgan fingerprint density at radius 2 is 1.62 bits per heavy atom. The number of thioether (sulfide) groups is 1. The Kier molecular flexibility index (Phi) is 2.75. The third-order valence-corrected chi connectivity index (χ3v) is 4.06. The van der Waals surface area contributed by atoms with E-state index in [1.165, 1.54) is 41.1 Å². The van der Waals surface area contributed by atoms with Gasteiger partial charge in [0.15, 0.2) is 0 Å². The first-order valence-corrected chi connectivity index (χ1v) is 6.91. The van der Waals surface area contributed by atoms with E-state index in [0.29, 0.717) is 0 Å². The molecule has 0 saturated carbocycles. The molecular formula is C14H15NS. The van der Waals surface area contributed by atoms with E-state index >= 15 is 0 Å². The lowest BCUT2D eigenvalue weighted by atomic mass is 10.1. The Morgan fingerprint density at radius 1 is 0.875 bits per heavy atom. The van der Waals surface area contributed by atoms with Gasteiger partial charge in [0.25, 0.3) is 0 Å². The summed E-state index contributed by atoms with van der Waals surface area (Å²) in [6.07, 6.45) is 0. The molecule has 82 valence electrons. The van der Waals surface area contributed by atoms with Crippen LogP contribution in [0, 0.1) is 0 Å². The van der Waals surface area contributed by atoms with Gasteiger partial charge in [0.2, 0.25) is 0 Å². The molecule has 1 fully saturated rings. The molecule has 3 rings (SSSR count). The summed E-state index contributed by atoms with van der Waals surface area (Å²) in [6, 6.07) is 15.3. The first kappa shape index (κ1) is 10.0. The largest absolute Gasteiger partial charge is 0.369 e. The van der Waals surface area contributed by atoms with Crippen molar-refractivity contribution in [3.8, 4) is 0 Å². The van der Waals surface area contributed by atoms with E-state index in [0.717, 1.165) is 0 Å². The summed E-state index contributed by atoms with van der Waals surface area (Å²) < 4.78 is 0. The zero-order valence-corrected chi connectivity index (χ0v) is 10.0. The highest BCUT2D eigenvalue weighted by Crippen LogP contribution is 2.28. The van der Waals surface area contributed by atoms with E-state index in [2.05, 4.69) is 59.1 Å². The Bertz CT molecular complexity index is 484. The van der Waals surface area contributed by atoms with Gasteiger partial charge in [-0.1, -0.05) is 36.4 Å². The van der Waals surface area contributed by atoms with E-state index in [1.54, 1.807) is 0 Å². The summed E-state index contributed by atoms with van der Waals surface area (Å²) in [6.45, 7) is 2.36. The Hall–Kier alpha value is -1.15. The molecule has 0 aliphatic carbocycles. The van der Waals surface area contributed by atoms with Crippen molar-refractivity contribution in [2.75, 3.05) is 29.5 Å². The molecule has 0 atom stereocenters. The third kappa shape index (κ3) is 1.78. The molecule has 16 heavy (non-hydrogen) atoms. The maximum absolute atomic E-state index is 2.51. The van der Waals surface area contributed by atoms with Crippen molar-refractivity contribution in [1.29, 1.82) is 0 Å². The van der Waals surface area contributed by atoms with Crippen LogP contribution in [-0.2, 0) is 0 Å². The predicted molar refractivity (Wildman–Crippen MR) is 73.5 cm³/mol. The van der Waals surface area contributed by atoms with Gasteiger partial charge in [-0.2, -0.15) is 11.8 Å². The van der Waals surface area contributed by atoms with Crippen LogP contribution in [-0.4, -0.2) is 24.6 Å². The Balaban J connectivity index is 2.08. The van der Waals surface area contributed by atoms with Gasteiger partial charge in [-0.05, 0) is 11.5 Å². The molecule has 1 heterocycles. The van der Waals surface area contributed by atoms with E-state index in [4.69, 9.17) is 0 Å². The van der Waals surface area contributed by atoms with Crippen LogP contribution < -0.4 is 4.90 Å². The molecule has 2 heteroatoms. The topological polar surface area (TPSA) is 3.24 Å². The molecule has 0 aromatic heterocycles. The van der Waals surface area contributed by atoms with Gasteiger partial charge in [0, 0.05) is 35.7 Å². The summed E-state index contributed by atoms with van der Waals surface area (Å²) >= 11 is 2.06. The SMILES string of the molecule is c1ccc2c(N3CCSCC3)cccc2c1. The second-order valence-electron chi connectivity index (χ2n) is 4.10. The van der Waals surface area contributed by atoms with E-state index in [1.807, 2.05) is 0 Å². The Labute approximate surface area is 100 Å². The van der Waals surface area contributed by atoms with Crippen molar-refractivity contribution in [3.05, 3.63) is 42.5 Å². The van der Waals surface area contributed by atoms with E-state index < -0.39 is 0 Å².